The first-order valence-electron chi connectivity index (χ1n) is 8.76. The standard InChI is InChI=1S/C22H19Cl2NO3/c1-21(2)17(13-18(23)24)19(21)20(26)28-22(14-25,15-9-5-3-6-10-15)27-16-11-7-4-8-12-16/h3-13,17,19H,1-2H3. The third kappa shape index (κ3) is 4.01. The number of nitriles is 1. The number of ether oxygens (including phenoxy) is 2. The third-order valence-corrected chi connectivity index (χ3v) is 5.27. The number of benzene rings is 2. The predicted octanol–water partition coefficient (Wildman–Crippen LogP) is 5.58. The molecule has 4 nitrogen and oxygen atoms in total. The molecule has 0 spiro atoms. The van der Waals surface area contributed by atoms with Crippen LogP contribution in [0.25, 0.3) is 0 Å². The Morgan fingerprint density at radius 3 is 2.21 bits per heavy atom. The molecule has 3 unspecified atom stereocenters. The molecule has 0 amide bonds. The number of rotatable bonds is 6. The van der Waals surface area contributed by atoms with Crippen molar-refractivity contribution in [2.45, 2.75) is 19.6 Å². The highest BCUT2D eigenvalue weighted by molar-refractivity contribution is 6.55. The molecule has 1 fully saturated rings. The molecule has 0 aromatic heterocycles. The Hall–Kier alpha value is -2.48. The summed E-state index contributed by atoms with van der Waals surface area (Å²) in [6.07, 6.45) is 1.63. The van der Waals surface area contributed by atoms with Gasteiger partial charge in [-0.25, -0.2) is 0 Å². The first-order chi connectivity index (χ1) is 13.3. The summed E-state index contributed by atoms with van der Waals surface area (Å²) in [5.74, 6) is -2.68. The van der Waals surface area contributed by atoms with E-state index >= 15 is 0 Å². The van der Waals surface area contributed by atoms with Gasteiger partial charge in [0.1, 0.15) is 10.2 Å². The van der Waals surface area contributed by atoms with Crippen molar-refractivity contribution in [3.05, 3.63) is 76.8 Å². The van der Waals surface area contributed by atoms with Crippen LogP contribution in [0, 0.1) is 28.6 Å². The van der Waals surface area contributed by atoms with E-state index in [1.807, 2.05) is 32.0 Å². The van der Waals surface area contributed by atoms with E-state index in [-0.39, 0.29) is 15.8 Å². The number of carbonyl (C=O) groups excluding carboxylic acids is 1. The number of carbonyl (C=O) groups is 1. The first-order valence-corrected chi connectivity index (χ1v) is 9.52. The van der Waals surface area contributed by atoms with Crippen LogP contribution in [-0.2, 0) is 15.3 Å². The Balaban J connectivity index is 1.93. The van der Waals surface area contributed by atoms with Gasteiger partial charge in [0.25, 0.3) is 0 Å². The summed E-state index contributed by atoms with van der Waals surface area (Å²) >= 11 is 11.5. The van der Waals surface area contributed by atoms with E-state index in [9.17, 15) is 10.1 Å². The van der Waals surface area contributed by atoms with Gasteiger partial charge in [0.15, 0.2) is 6.07 Å². The Labute approximate surface area is 174 Å². The van der Waals surface area contributed by atoms with Crippen molar-refractivity contribution in [2.75, 3.05) is 0 Å². The zero-order chi connectivity index (χ0) is 20.4. The molecule has 0 heterocycles. The van der Waals surface area contributed by atoms with Crippen LogP contribution in [0.15, 0.2) is 71.2 Å². The molecule has 0 aliphatic heterocycles. The lowest BCUT2D eigenvalue weighted by Gasteiger charge is -2.28. The Morgan fingerprint density at radius 1 is 1.11 bits per heavy atom. The summed E-state index contributed by atoms with van der Waals surface area (Å²) in [7, 11) is 0. The first kappa shape index (κ1) is 20.3. The Morgan fingerprint density at radius 2 is 1.68 bits per heavy atom. The molecule has 0 radical (unpaired) electrons. The number of nitrogens with zero attached hydrogens (tertiary/aromatic N) is 1. The molecule has 1 aliphatic rings. The van der Waals surface area contributed by atoms with Crippen molar-refractivity contribution in [3.8, 4) is 11.8 Å². The van der Waals surface area contributed by atoms with Gasteiger partial charge in [-0.3, -0.25) is 4.79 Å². The molecule has 1 aliphatic carbocycles. The van der Waals surface area contributed by atoms with Gasteiger partial charge in [0.2, 0.25) is 0 Å². The van der Waals surface area contributed by atoms with Crippen LogP contribution < -0.4 is 4.74 Å². The lowest BCUT2D eigenvalue weighted by Crippen LogP contribution is -2.38. The molecule has 1 saturated carbocycles. The molecule has 6 heteroatoms. The van der Waals surface area contributed by atoms with Crippen LogP contribution in [0.2, 0.25) is 0 Å². The number of halogens is 2. The third-order valence-electron chi connectivity index (χ3n) is 5.02. The number of hydrogen-bond acceptors (Lipinski definition) is 4. The number of para-hydroxylation sites is 1. The lowest BCUT2D eigenvalue weighted by atomic mass is 10.1. The number of esters is 1. The van der Waals surface area contributed by atoms with Crippen molar-refractivity contribution < 1.29 is 14.3 Å². The van der Waals surface area contributed by atoms with E-state index in [1.165, 1.54) is 0 Å². The van der Waals surface area contributed by atoms with Gasteiger partial charge in [-0.15, -0.1) is 0 Å². The summed E-state index contributed by atoms with van der Waals surface area (Å²) in [5.41, 5.74) is 0.0483. The van der Waals surface area contributed by atoms with E-state index in [4.69, 9.17) is 32.7 Å². The van der Waals surface area contributed by atoms with Crippen molar-refractivity contribution >= 4 is 29.2 Å². The molecule has 0 N–H and O–H groups in total. The predicted molar refractivity (Wildman–Crippen MR) is 107 cm³/mol. The molecule has 144 valence electrons. The minimum Gasteiger partial charge on any atom is -0.437 e. The fourth-order valence-corrected chi connectivity index (χ4v) is 3.61. The zero-order valence-corrected chi connectivity index (χ0v) is 16.9. The van der Waals surface area contributed by atoms with Gasteiger partial charge in [-0.2, -0.15) is 5.26 Å². The Bertz CT molecular complexity index is 918. The van der Waals surface area contributed by atoms with Crippen molar-refractivity contribution in [1.82, 2.24) is 0 Å². The van der Waals surface area contributed by atoms with Crippen LogP contribution in [0.5, 0.6) is 5.75 Å². The fourth-order valence-electron chi connectivity index (χ4n) is 3.34. The largest absolute Gasteiger partial charge is 0.437 e. The monoisotopic (exact) mass is 415 g/mol. The van der Waals surface area contributed by atoms with E-state index in [2.05, 4.69) is 0 Å². The van der Waals surface area contributed by atoms with Gasteiger partial charge < -0.3 is 9.47 Å². The van der Waals surface area contributed by atoms with Crippen molar-refractivity contribution in [1.29, 1.82) is 5.26 Å². The molecule has 3 atom stereocenters. The van der Waals surface area contributed by atoms with Crippen LogP contribution in [-0.4, -0.2) is 5.97 Å². The van der Waals surface area contributed by atoms with E-state index < -0.39 is 17.7 Å². The second-order valence-electron chi connectivity index (χ2n) is 7.21. The minimum atomic E-state index is -1.91. The van der Waals surface area contributed by atoms with Gasteiger partial charge in [0.05, 0.1) is 11.5 Å². The molecule has 28 heavy (non-hydrogen) atoms. The summed E-state index contributed by atoms with van der Waals surface area (Å²) in [4.78, 5) is 13.0. The summed E-state index contributed by atoms with van der Waals surface area (Å²) in [6.45, 7) is 3.84. The topological polar surface area (TPSA) is 59.3 Å². The summed E-state index contributed by atoms with van der Waals surface area (Å²) < 4.78 is 11.7. The summed E-state index contributed by atoms with van der Waals surface area (Å²) in [6, 6.07) is 19.5. The van der Waals surface area contributed by atoms with Gasteiger partial charge in [-0.1, -0.05) is 85.6 Å². The average Bonchev–Trinajstić information content (AvgIpc) is 3.22. The van der Waals surface area contributed by atoms with Crippen molar-refractivity contribution in [2.24, 2.45) is 17.3 Å². The van der Waals surface area contributed by atoms with Gasteiger partial charge >= 0.3 is 11.8 Å². The molecular formula is C22H19Cl2NO3. The maximum absolute atomic E-state index is 13.0. The molecular weight excluding hydrogens is 397 g/mol. The second-order valence-corrected chi connectivity index (χ2v) is 8.22. The highest BCUT2D eigenvalue weighted by Crippen LogP contribution is 2.60. The van der Waals surface area contributed by atoms with Crippen LogP contribution >= 0.6 is 23.2 Å². The second kappa shape index (κ2) is 7.87. The van der Waals surface area contributed by atoms with E-state index in [0.29, 0.717) is 11.3 Å². The van der Waals surface area contributed by atoms with E-state index in [1.54, 1.807) is 54.6 Å². The van der Waals surface area contributed by atoms with Gasteiger partial charge in [0, 0.05) is 0 Å². The average molecular weight is 416 g/mol. The normalized spacial score (nSPS) is 21.5. The summed E-state index contributed by atoms with van der Waals surface area (Å²) in [5, 5.41) is 9.98. The maximum Gasteiger partial charge on any atom is 0.372 e. The van der Waals surface area contributed by atoms with Crippen LogP contribution in [0.3, 0.4) is 0 Å². The van der Waals surface area contributed by atoms with Gasteiger partial charge in [-0.05, 0) is 29.5 Å². The van der Waals surface area contributed by atoms with Crippen LogP contribution in [0.1, 0.15) is 19.4 Å². The molecule has 3 rings (SSSR count). The highest BCUT2D eigenvalue weighted by atomic mass is 35.5. The lowest BCUT2D eigenvalue weighted by molar-refractivity contribution is -0.186. The number of allylic oxidation sites excluding steroid dienone is 1. The SMILES string of the molecule is CC1(C)C(C=C(Cl)Cl)C1C(=O)OC(C#N)(Oc1ccccc1)c1ccccc1. The molecule has 2 aromatic rings. The maximum atomic E-state index is 13.0. The molecule has 0 saturated heterocycles. The fraction of sp³-hybridized carbons (Fsp3) is 0.273. The highest BCUT2D eigenvalue weighted by Gasteiger charge is 2.63. The number of hydrogen-bond donors (Lipinski definition) is 0. The smallest absolute Gasteiger partial charge is 0.372 e. The van der Waals surface area contributed by atoms with Crippen molar-refractivity contribution in [3.63, 3.8) is 0 Å². The minimum absolute atomic E-state index is 0.100. The quantitative estimate of drug-likeness (QED) is 0.456. The van der Waals surface area contributed by atoms with E-state index in [0.717, 1.165) is 0 Å². The molecule has 2 aromatic carbocycles. The van der Waals surface area contributed by atoms with Crippen LogP contribution in [0.4, 0.5) is 0 Å². The zero-order valence-electron chi connectivity index (χ0n) is 15.4. The Kier molecular flexibility index (Phi) is 5.69. The molecule has 0 bridgehead atoms.